The Balaban J connectivity index is 4.90. The van der Waals surface area contributed by atoms with Crippen LogP contribution >= 0.6 is 0 Å². The molecule has 0 aliphatic carbocycles. The average molecular weight is 490 g/mol. The summed E-state index contributed by atoms with van der Waals surface area (Å²) >= 11 is 0. The van der Waals surface area contributed by atoms with Gasteiger partial charge in [-0.1, -0.05) is 0 Å². The first-order valence-electron chi connectivity index (χ1n) is 10.0. The molecule has 0 fully saturated rings. The van der Waals surface area contributed by atoms with Crippen molar-refractivity contribution in [3.63, 3.8) is 0 Å². The first-order chi connectivity index (χ1) is 15.8. The number of aliphatic hydroxyl groups excluding tert-OH is 1. The first-order valence-corrected chi connectivity index (χ1v) is 10.0. The minimum atomic E-state index is -1.55. The number of nitrogens with one attached hydrogen (secondary N) is 5. The summed E-state index contributed by atoms with van der Waals surface area (Å²) in [5, 5.41) is 37.8. The Labute approximate surface area is 194 Å². The summed E-state index contributed by atoms with van der Waals surface area (Å²) in [4.78, 5) is 81.4. The largest absolute Gasteiger partial charge is 0.481 e. The normalized spacial score (nSPS) is 13.9. The molecule has 0 radical (unpaired) electrons. The third-order valence-corrected chi connectivity index (χ3v) is 4.22. The van der Waals surface area contributed by atoms with Crippen LogP contribution in [-0.4, -0.2) is 101 Å². The number of nitrogens with two attached hydrogens (primary N) is 1. The third-order valence-electron chi connectivity index (χ3n) is 4.22. The average Bonchev–Trinajstić information content (AvgIpc) is 2.77. The molecule has 0 bridgehead atoms. The van der Waals surface area contributed by atoms with Crippen LogP contribution in [0.1, 0.15) is 26.7 Å². The van der Waals surface area contributed by atoms with Crippen LogP contribution in [0.4, 0.5) is 0 Å². The zero-order chi connectivity index (χ0) is 26.4. The fourth-order valence-electron chi connectivity index (χ4n) is 2.31. The molecule has 5 amide bonds. The van der Waals surface area contributed by atoms with Crippen LogP contribution in [0.5, 0.6) is 0 Å². The minimum Gasteiger partial charge on any atom is -0.481 e. The highest BCUT2D eigenvalue weighted by atomic mass is 16.4. The van der Waals surface area contributed by atoms with Crippen LogP contribution in [0.15, 0.2) is 0 Å². The summed E-state index contributed by atoms with van der Waals surface area (Å²) in [7, 11) is 0. The van der Waals surface area contributed by atoms with Crippen LogP contribution < -0.4 is 32.3 Å². The van der Waals surface area contributed by atoms with Gasteiger partial charge in [0.2, 0.25) is 29.5 Å². The fourth-order valence-corrected chi connectivity index (χ4v) is 2.31. The minimum absolute atomic E-state index is 0.311. The van der Waals surface area contributed by atoms with Crippen molar-refractivity contribution in [1.29, 1.82) is 0 Å². The molecule has 0 saturated heterocycles. The molecule has 34 heavy (non-hydrogen) atoms. The summed E-state index contributed by atoms with van der Waals surface area (Å²) in [6.45, 7) is 0.543. The molecule has 10 N–H and O–H groups in total. The van der Waals surface area contributed by atoms with Crippen molar-refractivity contribution in [2.75, 3.05) is 19.7 Å². The van der Waals surface area contributed by atoms with Crippen molar-refractivity contribution < 1.29 is 48.9 Å². The van der Waals surface area contributed by atoms with Gasteiger partial charge in [-0.05, 0) is 20.3 Å². The lowest BCUT2D eigenvalue weighted by atomic mass is 10.1. The van der Waals surface area contributed by atoms with Gasteiger partial charge in [0.05, 0.1) is 19.7 Å². The van der Waals surface area contributed by atoms with E-state index < -0.39 is 91.8 Å². The molecule has 16 heteroatoms. The predicted octanol–water partition coefficient (Wildman–Crippen LogP) is -5.02. The number of carboxylic acids is 2. The SMILES string of the molecule is C[C@H](NC(=O)CNC(=O)[C@H](C)NC(=O)[C@H](CO)NC(=O)[C@H](CCC(=O)O)NC(=O)CN)C(=O)O. The lowest BCUT2D eigenvalue weighted by molar-refractivity contribution is -0.141. The zero-order valence-corrected chi connectivity index (χ0v) is 18.6. The summed E-state index contributed by atoms with van der Waals surface area (Å²) < 4.78 is 0. The molecule has 0 spiro atoms. The van der Waals surface area contributed by atoms with Gasteiger partial charge in [0.1, 0.15) is 24.2 Å². The summed E-state index contributed by atoms with van der Waals surface area (Å²) in [5.41, 5.74) is 5.16. The predicted molar refractivity (Wildman–Crippen MR) is 113 cm³/mol. The Morgan fingerprint density at radius 2 is 1.35 bits per heavy atom. The molecular weight excluding hydrogens is 460 g/mol. The number of carbonyl (C=O) groups excluding carboxylic acids is 5. The molecule has 0 saturated carbocycles. The molecule has 0 heterocycles. The van der Waals surface area contributed by atoms with E-state index in [1.54, 1.807) is 0 Å². The van der Waals surface area contributed by atoms with Gasteiger partial charge in [0.25, 0.3) is 0 Å². The van der Waals surface area contributed by atoms with Gasteiger partial charge in [-0.25, -0.2) is 0 Å². The topological polar surface area (TPSA) is 266 Å². The second-order valence-electron chi connectivity index (χ2n) is 7.08. The van der Waals surface area contributed by atoms with Crippen LogP contribution in [0, 0.1) is 0 Å². The molecule has 192 valence electrons. The van der Waals surface area contributed by atoms with E-state index in [2.05, 4.69) is 26.6 Å². The van der Waals surface area contributed by atoms with E-state index in [1.165, 1.54) is 13.8 Å². The van der Waals surface area contributed by atoms with Crippen LogP contribution in [-0.2, 0) is 33.6 Å². The van der Waals surface area contributed by atoms with E-state index in [1.807, 2.05) is 0 Å². The van der Waals surface area contributed by atoms with Gasteiger partial charge in [0, 0.05) is 6.42 Å². The number of aliphatic carboxylic acids is 2. The third kappa shape index (κ3) is 11.7. The molecule has 0 aliphatic rings. The number of hydrogen-bond acceptors (Lipinski definition) is 9. The highest BCUT2D eigenvalue weighted by molar-refractivity contribution is 5.95. The Bertz CT molecular complexity index is 789. The highest BCUT2D eigenvalue weighted by Gasteiger charge is 2.28. The summed E-state index contributed by atoms with van der Waals surface area (Å²) in [6, 6.07) is -5.29. The van der Waals surface area contributed by atoms with Gasteiger partial charge >= 0.3 is 11.9 Å². The number of carboxylic acid groups (broad SMARTS) is 2. The van der Waals surface area contributed by atoms with E-state index in [4.69, 9.17) is 15.9 Å². The number of aliphatic hydroxyl groups is 1. The van der Waals surface area contributed by atoms with Crippen LogP contribution in [0.25, 0.3) is 0 Å². The van der Waals surface area contributed by atoms with Crippen molar-refractivity contribution in [3.05, 3.63) is 0 Å². The number of carbonyl (C=O) groups is 7. The van der Waals surface area contributed by atoms with E-state index in [-0.39, 0.29) is 6.42 Å². The quantitative estimate of drug-likeness (QED) is 0.105. The molecule has 0 aromatic heterocycles. The number of rotatable bonds is 15. The van der Waals surface area contributed by atoms with Crippen molar-refractivity contribution in [1.82, 2.24) is 26.6 Å². The molecule has 0 unspecified atom stereocenters. The van der Waals surface area contributed by atoms with Gasteiger partial charge < -0.3 is 47.6 Å². The van der Waals surface area contributed by atoms with Crippen molar-refractivity contribution >= 4 is 41.5 Å². The lowest BCUT2D eigenvalue weighted by Gasteiger charge is -2.23. The van der Waals surface area contributed by atoms with Gasteiger partial charge in [-0.2, -0.15) is 0 Å². The summed E-state index contributed by atoms with van der Waals surface area (Å²) in [6.07, 6.45) is -0.789. The van der Waals surface area contributed by atoms with Gasteiger partial charge in [-0.15, -0.1) is 0 Å². The number of hydrogen-bond donors (Lipinski definition) is 9. The van der Waals surface area contributed by atoms with E-state index >= 15 is 0 Å². The Morgan fingerprint density at radius 3 is 1.85 bits per heavy atom. The van der Waals surface area contributed by atoms with Gasteiger partial charge in [-0.3, -0.25) is 33.6 Å². The Hall–Kier alpha value is -3.79. The van der Waals surface area contributed by atoms with Crippen LogP contribution in [0.2, 0.25) is 0 Å². The van der Waals surface area contributed by atoms with E-state index in [9.17, 15) is 38.7 Å². The smallest absolute Gasteiger partial charge is 0.325 e. The molecule has 0 rings (SSSR count). The number of amides is 5. The molecule has 16 nitrogen and oxygen atoms in total. The maximum atomic E-state index is 12.4. The van der Waals surface area contributed by atoms with E-state index in [0.29, 0.717) is 0 Å². The highest BCUT2D eigenvalue weighted by Crippen LogP contribution is 2.00. The zero-order valence-electron chi connectivity index (χ0n) is 18.6. The molecule has 0 aliphatic heterocycles. The van der Waals surface area contributed by atoms with Crippen molar-refractivity contribution in [2.24, 2.45) is 5.73 Å². The molecule has 0 aromatic rings. The maximum Gasteiger partial charge on any atom is 0.325 e. The molecule has 4 atom stereocenters. The van der Waals surface area contributed by atoms with Gasteiger partial charge in [0.15, 0.2) is 0 Å². The fraction of sp³-hybridized carbons (Fsp3) is 0.611. The molecule has 0 aromatic carbocycles. The van der Waals surface area contributed by atoms with Crippen LogP contribution in [0.3, 0.4) is 0 Å². The monoisotopic (exact) mass is 490 g/mol. The Kier molecular flexibility index (Phi) is 13.4. The Morgan fingerprint density at radius 1 is 0.765 bits per heavy atom. The van der Waals surface area contributed by atoms with Crippen molar-refractivity contribution in [3.8, 4) is 0 Å². The van der Waals surface area contributed by atoms with Crippen molar-refractivity contribution in [2.45, 2.75) is 50.9 Å². The maximum absolute atomic E-state index is 12.4. The second-order valence-corrected chi connectivity index (χ2v) is 7.08. The first kappa shape index (κ1) is 30.2. The lowest BCUT2D eigenvalue weighted by Crippen LogP contribution is -2.58. The van der Waals surface area contributed by atoms with E-state index in [0.717, 1.165) is 0 Å². The standard InChI is InChI=1S/C18H30N6O10/c1-8(15(30)20-6-13(27)21-9(2)18(33)34)22-17(32)11(7-25)24-16(31)10(3-4-14(28)29)23-12(26)5-19/h8-11,25H,3-7,19H2,1-2H3,(H,20,30)(H,21,27)(H,22,32)(H,23,26)(H,24,31)(H,28,29)(H,33,34)/t8-,9-,10-,11-/m0/s1. The second kappa shape index (κ2) is 15.1. The molecular formula is C18H30N6O10. The summed E-state index contributed by atoms with van der Waals surface area (Å²) in [5.74, 6) is -6.79.